The Hall–Kier alpha value is -2.86. The van der Waals surface area contributed by atoms with Crippen LogP contribution in [-0.2, 0) is 0 Å². The number of fused-ring (bicyclic) bond motifs is 3. The number of nitrogens with zero attached hydrogens (tertiary/aromatic N) is 2. The first-order valence-corrected chi connectivity index (χ1v) is 9.45. The number of primary amides is 1. The maximum absolute atomic E-state index is 11.1. The Balaban J connectivity index is 1.53. The quantitative estimate of drug-likeness (QED) is 0.683. The molecule has 3 N–H and O–H groups in total. The topological polar surface area (TPSA) is 80.0 Å². The van der Waals surface area contributed by atoms with E-state index in [-0.39, 0.29) is 0 Å². The highest BCUT2D eigenvalue weighted by Crippen LogP contribution is 2.38. The Kier molecular flexibility index (Phi) is 5.07. The van der Waals surface area contributed by atoms with Gasteiger partial charge >= 0.3 is 6.03 Å². The van der Waals surface area contributed by atoms with E-state index in [4.69, 9.17) is 10.5 Å². The minimum atomic E-state index is -0.678. The normalized spacial score (nSPS) is 17.4. The van der Waals surface area contributed by atoms with E-state index in [0.29, 0.717) is 12.3 Å². The van der Waals surface area contributed by atoms with Gasteiger partial charge in [0.2, 0.25) is 0 Å². The molecule has 6 nitrogen and oxygen atoms in total. The molecule has 0 atom stereocenters. The summed E-state index contributed by atoms with van der Waals surface area (Å²) in [6, 6.07) is 13.4. The van der Waals surface area contributed by atoms with Gasteiger partial charge in [-0.15, -0.1) is 0 Å². The maximum Gasteiger partial charge on any atom is 0.332 e. The Labute approximate surface area is 159 Å². The molecule has 1 heterocycles. The van der Waals surface area contributed by atoms with Crippen LogP contribution in [0.5, 0.6) is 5.75 Å². The van der Waals surface area contributed by atoms with Gasteiger partial charge in [0.05, 0.1) is 5.71 Å². The fourth-order valence-corrected chi connectivity index (χ4v) is 3.82. The zero-order chi connectivity index (χ0) is 18.6. The summed E-state index contributed by atoms with van der Waals surface area (Å²) in [5, 5.41) is 4.23. The number of carbonyl (C=O) groups excluding carboxylic acids is 1. The molecule has 0 unspecified atom stereocenters. The van der Waals surface area contributed by atoms with Gasteiger partial charge in [0.25, 0.3) is 0 Å². The number of urea groups is 1. The van der Waals surface area contributed by atoms with Crippen molar-refractivity contribution in [3.8, 4) is 16.9 Å². The third-order valence-corrected chi connectivity index (χ3v) is 5.12. The molecule has 2 amide bonds. The van der Waals surface area contributed by atoms with Crippen molar-refractivity contribution in [3.63, 3.8) is 0 Å². The first kappa shape index (κ1) is 17.5. The van der Waals surface area contributed by atoms with Crippen LogP contribution in [0.1, 0.15) is 30.4 Å². The van der Waals surface area contributed by atoms with Gasteiger partial charge in [-0.1, -0.05) is 30.7 Å². The summed E-state index contributed by atoms with van der Waals surface area (Å²) in [6.45, 7) is 3.94. The number of amides is 2. The number of piperidine rings is 1. The lowest BCUT2D eigenvalue weighted by Crippen LogP contribution is -2.33. The van der Waals surface area contributed by atoms with E-state index in [1.165, 1.54) is 32.4 Å². The third-order valence-electron chi connectivity index (χ3n) is 5.12. The van der Waals surface area contributed by atoms with Gasteiger partial charge in [0.15, 0.2) is 0 Å². The molecule has 140 valence electrons. The number of hydrazone groups is 1. The summed E-state index contributed by atoms with van der Waals surface area (Å²) in [5.41, 5.74) is 12.4. The van der Waals surface area contributed by atoms with Crippen molar-refractivity contribution in [2.75, 3.05) is 26.2 Å². The van der Waals surface area contributed by atoms with E-state index in [2.05, 4.69) is 27.6 Å². The van der Waals surface area contributed by atoms with E-state index in [0.717, 1.165) is 34.5 Å². The Bertz CT molecular complexity index is 872. The van der Waals surface area contributed by atoms with Crippen LogP contribution in [0.15, 0.2) is 47.6 Å². The highest BCUT2D eigenvalue weighted by atomic mass is 16.5. The maximum atomic E-state index is 11.1. The molecule has 0 saturated carbocycles. The SMILES string of the molecule is NC(=O)N/N=C1/c2ccccc2-c2ccc(OCCN3CCCCC3)cc21. The lowest BCUT2D eigenvalue weighted by molar-refractivity contribution is 0.183. The van der Waals surface area contributed by atoms with E-state index >= 15 is 0 Å². The highest BCUT2D eigenvalue weighted by molar-refractivity contribution is 6.24. The molecule has 2 aliphatic rings. The Morgan fingerprint density at radius 1 is 1.04 bits per heavy atom. The molecule has 4 rings (SSSR count). The number of hydrogen-bond donors (Lipinski definition) is 2. The van der Waals surface area contributed by atoms with Gasteiger partial charge in [-0.2, -0.15) is 5.10 Å². The van der Waals surface area contributed by atoms with Crippen LogP contribution in [0.4, 0.5) is 4.79 Å². The molecule has 0 spiro atoms. The fraction of sp³-hybridized carbons (Fsp3) is 0.333. The van der Waals surface area contributed by atoms with Crippen LogP contribution in [0.2, 0.25) is 0 Å². The Morgan fingerprint density at radius 3 is 2.56 bits per heavy atom. The predicted molar refractivity (Wildman–Crippen MR) is 106 cm³/mol. The van der Waals surface area contributed by atoms with Crippen molar-refractivity contribution in [1.29, 1.82) is 0 Å². The van der Waals surface area contributed by atoms with Gasteiger partial charge in [-0.05, 0) is 55.3 Å². The van der Waals surface area contributed by atoms with Crippen molar-refractivity contribution in [2.45, 2.75) is 19.3 Å². The van der Waals surface area contributed by atoms with Gasteiger partial charge < -0.3 is 10.5 Å². The summed E-state index contributed by atoms with van der Waals surface area (Å²) in [5.74, 6) is 0.811. The second-order valence-electron chi connectivity index (χ2n) is 6.94. The van der Waals surface area contributed by atoms with Crippen LogP contribution in [-0.4, -0.2) is 42.9 Å². The highest BCUT2D eigenvalue weighted by Gasteiger charge is 2.25. The van der Waals surface area contributed by atoms with Gasteiger partial charge in [0.1, 0.15) is 12.4 Å². The first-order chi connectivity index (χ1) is 13.2. The summed E-state index contributed by atoms with van der Waals surface area (Å²) in [4.78, 5) is 13.6. The van der Waals surface area contributed by atoms with Gasteiger partial charge in [-0.3, -0.25) is 4.90 Å². The number of rotatable bonds is 5. The number of ether oxygens (including phenoxy) is 1. The molecular weight excluding hydrogens is 340 g/mol. The van der Waals surface area contributed by atoms with E-state index in [9.17, 15) is 4.79 Å². The van der Waals surface area contributed by atoms with Gasteiger partial charge in [0, 0.05) is 17.7 Å². The summed E-state index contributed by atoms with van der Waals surface area (Å²) in [7, 11) is 0. The molecular formula is C21H24N4O2. The average Bonchev–Trinajstić information content (AvgIpc) is 3.00. The molecule has 2 aromatic carbocycles. The number of nitrogens with one attached hydrogen (secondary N) is 1. The zero-order valence-electron chi connectivity index (χ0n) is 15.3. The average molecular weight is 364 g/mol. The smallest absolute Gasteiger partial charge is 0.332 e. The largest absolute Gasteiger partial charge is 0.492 e. The van der Waals surface area contributed by atoms with Crippen molar-refractivity contribution in [3.05, 3.63) is 53.6 Å². The van der Waals surface area contributed by atoms with E-state index < -0.39 is 6.03 Å². The first-order valence-electron chi connectivity index (χ1n) is 9.45. The fourth-order valence-electron chi connectivity index (χ4n) is 3.82. The molecule has 6 heteroatoms. The van der Waals surface area contributed by atoms with E-state index in [1.807, 2.05) is 30.3 Å². The van der Waals surface area contributed by atoms with Gasteiger partial charge in [-0.25, -0.2) is 10.2 Å². The predicted octanol–water partition coefficient (Wildman–Crippen LogP) is 2.95. The summed E-state index contributed by atoms with van der Waals surface area (Å²) in [6.07, 6.45) is 3.90. The second-order valence-corrected chi connectivity index (χ2v) is 6.94. The number of carbonyl (C=O) groups is 1. The van der Waals surface area contributed by atoms with Crippen LogP contribution >= 0.6 is 0 Å². The molecule has 0 bridgehead atoms. The molecule has 27 heavy (non-hydrogen) atoms. The van der Waals surface area contributed by atoms with Crippen molar-refractivity contribution < 1.29 is 9.53 Å². The van der Waals surface area contributed by atoms with Crippen LogP contribution in [0.3, 0.4) is 0 Å². The molecule has 1 saturated heterocycles. The minimum Gasteiger partial charge on any atom is -0.492 e. The van der Waals surface area contributed by atoms with E-state index in [1.54, 1.807) is 0 Å². The lowest BCUT2D eigenvalue weighted by atomic mass is 10.1. The molecule has 0 radical (unpaired) electrons. The standard InChI is InChI=1S/C21H24N4O2/c22-21(26)24-23-20-18-7-3-2-6-16(18)17-9-8-15(14-19(17)20)27-13-12-25-10-4-1-5-11-25/h2-3,6-9,14H,1,4-5,10-13H2,(H3,22,24,26)/b23-20-. The zero-order valence-corrected chi connectivity index (χ0v) is 15.3. The lowest BCUT2D eigenvalue weighted by Gasteiger charge is -2.26. The molecule has 0 aromatic heterocycles. The molecule has 1 fully saturated rings. The number of benzene rings is 2. The monoisotopic (exact) mass is 364 g/mol. The minimum absolute atomic E-state index is 0.664. The van der Waals surface area contributed by atoms with Crippen molar-refractivity contribution >= 4 is 11.7 Å². The van der Waals surface area contributed by atoms with Crippen molar-refractivity contribution in [2.24, 2.45) is 10.8 Å². The summed E-state index contributed by atoms with van der Waals surface area (Å²) >= 11 is 0. The van der Waals surface area contributed by atoms with Crippen LogP contribution < -0.4 is 15.9 Å². The number of nitrogens with two attached hydrogens (primary N) is 1. The second kappa shape index (κ2) is 7.80. The Morgan fingerprint density at radius 2 is 1.78 bits per heavy atom. The molecule has 1 aliphatic carbocycles. The number of hydrogen-bond acceptors (Lipinski definition) is 4. The summed E-state index contributed by atoms with van der Waals surface area (Å²) < 4.78 is 6.00. The third kappa shape index (κ3) is 3.80. The molecule has 1 aliphatic heterocycles. The number of likely N-dealkylation sites (tertiary alicyclic amines) is 1. The van der Waals surface area contributed by atoms with Crippen LogP contribution in [0.25, 0.3) is 11.1 Å². The molecule has 2 aromatic rings. The van der Waals surface area contributed by atoms with Crippen LogP contribution in [0, 0.1) is 0 Å². The van der Waals surface area contributed by atoms with Crippen molar-refractivity contribution in [1.82, 2.24) is 10.3 Å².